The van der Waals surface area contributed by atoms with Crippen LogP contribution in [0.3, 0.4) is 0 Å². The molecule has 3 aromatic rings. The van der Waals surface area contributed by atoms with Crippen molar-refractivity contribution in [1.82, 2.24) is 20.6 Å². The summed E-state index contributed by atoms with van der Waals surface area (Å²) >= 11 is 0. The molecule has 0 saturated carbocycles. The molecule has 0 radical (unpaired) electrons. The number of nitrogens with one attached hydrogen (secondary N) is 2. The number of carbonyl (C=O) groups is 2. The number of hydrazine groups is 1. The van der Waals surface area contributed by atoms with Crippen molar-refractivity contribution in [1.29, 1.82) is 0 Å². The first-order chi connectivity index (χ1) is 16.9. The third-order valence-corrected chi connectivity index (χ3v) is 5.21. The fraction of sp³-hybridized carbons (Fsp3) is 0.320. The molecule has 4 rings (SSSR count). The SMILES string of the molecule is CCOc1ccc(OC(C)C(=O)NNC(=O)c2cn(C)nc2-c2ccc3c(c2)OCCCO3)cc1. The van der Waals surface area contributed by atoms with Crippen molar-refractivity contribution < 1.29 is 28.5 Å². The molecule has 0 saturated heterocycles. The summed E-state index contributed by atoms with van der Waals surface area (Å²) in [5.41, 5.74) is 6.29. The first-order valence-electron chi connectivity index (χ1n) is 11.4. The van der Waals surface area contributed by atoms with Crippen LogP contribution in [0.15, 0.2) is 48.7 Å². The van der Waals surface area contributed by atoms with E-state index in [0.717, 1.165) is 6.42 Å². The Labute approximate surface area is 203 Å². The number of benzene rings is 2. The molecule has 0 bridgehead atoms. The van der Waals surface area contributed by atoms with Crippen LogP contribution in [0.5, 0.6) is 23.0 Å². The van der Waals surface area contributed by atoms with E-state index in [4.69, 9.17) is 18.9 Å². The molecule has 2 N–H and O–H groups in total. The molecule has 2 amide bonds. The standard InChI is InChI=1S/C25H28N4O6/c1-4-32-18-7-9-19(10-8-18)35-16(2)24(30)26-27-25(31)20-15-29(3)28-23(20)17-6-11-21-22(14-17)34-13-5-12-33-21/h6-11,14-16H,4-5,12-13H2,1-3H3,(H,26,30)(H,27,31). The van der Waals surface area contributed by atoms with Crippen LogP contribution in [0.2, 0.25) is 0 Å². The monoisotopic (exact) mass is 480 g/mol. The van der Waals surface area contributed by atoms with Crippen LogP contribution in [-0.2, 0) is 11.8 Å². The van der Waals surface area contributed by atoms with Gasteiger partial charge in [-0.1, -0.05) is 0 Å². The molecule has 184 valence electrons. The van der Waals surface area contributed by atoms with Crippen LogP contribution in [0.4, 0.5) is 0 Å². The van der Waals surface area contributed by atoms with Gasteiger partial charge >= 0.3 is 0 Å². The van der Waals surface area contributed by atoms with Crippen molar-refractivity contribution in [3.8, 4) is 34.3 Å². The maximum atomic E-state index is 12.9. The van der Waals surface area contributed by atoms with Crippen molar-refractivity contribution in [3.05, 3.63) is 54.2 Å². The molecule has 35 heavy (non-hydrogen) atoms. The lowest BCUT2D eigenvalue weighted by molar-refractivity contribution is -0.128. The number of carbonyl (C=O) groups excluding carboxylic acids is 2. The van der Waals surface area contributed by atoms with E-state index in [1.54, 1.807) is 56.6 Å². The van der Waals surface area contributed by atoms with Crippen molar-refractivity contribution in [2.75, 3.05) is 19.8 Å². The second-order valence-corrected chi connectivity index (χ2v) is 7.88. The Morgan fingerprint density at radius 3 is 2.51 bits per heavy atom. The van der Waals surface area contributed by atoms with Gasteiger partial charge in [0.05, 0.1) is 25.4 Å². The highest BCUT2D eigenvalue weighted by Gasteiger charge is 2.21. The number of hydrogen-bond acceptors (Lipinski definition) is 7. The summed E-state index contributed by atoms with van der Waals surface area (Å²) in [6, 6.07) is 12.4. The van der Waals surface area contributed by atoms with Crippen LogP contribution in [-0.4, -0.2) is 47.5 Å². The number of nitrogens with zero attached hydrogens (tertiary/aromatic N) is 2. The van der Waals surface area contributed by atoms with Crippen LogP contribution in [0.25, 0.3) is 11.3 Å². The first-order valence-corrected chi connectivity index (χ1v) is 11.4. The molecular weight excluding hydrogens is 452 g/mol. The fourth-order valence-corrected chi connectivity index (χ4v) is 3.50. The number of rotatable bonds is 7. The number of aromatic nitrogens is 2. The van der Waals surface area contributed by atoms with E-state index < -0.39 is 17.9 Å². The molecule has 1 aliphatic heterocycles. The fourth-order valence-electron chi connectivity index (χ4n) is 3.50. The summed E-state index contributed by atoms with van der Waals surface area (Å²) in [7, 11) is 1.72. The molecule has 0 spiro atoms. The summed E-state index contributed by atoms with van der Waals surface area (Å²) in [6.07, 6.45) is 1.53. The zero-order chi connectivity index (χ0) is 24.8. The van der Waals surface area contributed by atoms with Crippen LogP contribution >= 0.6 is 0 Å². The van der Waals surface area contributed by atoms with Crippen LogP contribution < -0.4 is 29.8 Å². The Bertz CT molecular complexity index is 1190. The Balaban J connectivity index is 1.40. The maximum absolute atomic E-state index is 12.9. The number of amides is 2. The summed E-state index contributed by atoms with van der Waals surface area (Å²) in [4.78, 5) is 25.4. The molecule has 2 heterocycles. The van der Waals surface area contributed by atoms with Gasteiger partial charge in [-0.3, -0.25) is 25.1 Å². The lowest BCUT2D eigenvalue weighted by atomic mass is 10.1. The second-order valence-electron chi connectivity index (χ2n) is 7.88. The predicted molar refractivity (Wildman–Crippen MR) is 128 cm³/mol. The highest BCUT2D eigenvalue weighted by molar-refractivity contribution is 6.00. The van der Waals surface area contributed by atoms with Gasteiger partial charge in [0.2, 0.25) is 0 Å². The van der Waals surface area contributed by atoms with Gasteiger partial charge in [0.1, 0.15) is 17.2 Å². The second kappa shape index (κ2) is 10.8. The average molecular weight is 481 g/mol. The van der Waals surface area contributed by atoms with Crippen LogP contribution in [0, 0.1) is 0 Å². The molecule has 10 heteroatoms. The molecule has 0 aliphatic carbocycles. The van der Waals surface area contributed by atoms with Gasteiger partial charge in [-0.25, -0.2) is 0 Å². The molecule has 1 unspecified atom stereocenters. The van der Waals surface area contributed by atoms with Crippen molar-refractivity contribution in [2.45, 2.75) is 26.4 Å². The number of hydrogen-bond donors (Lipinski definition) is 2. The number of ether oxygens (including phenoxy) is 4. The van der Waals surface area contributed by atoms with Gasteiger partial charge in [0.15, 0.2) is 17.6 Å². The summed E-state index contributed by atoms with van der Waals surface area (Å²) < 4.78 is 24.0. The number of aryl methyl sites for hydroxylation is 1. The van der Waals surface area contributed by atoms with E-state index in [1.165, 1.54) is 4.68 Å². The van der Waals surface area contributed by atoms with E-state index in [9.17, 15) is 9.59 Å². The average Bonchev–Trinajstić information content (AvgIpc) is 3.10. The van der Waals surface area contributed by atoms with E-state index in [-0.39, 0.29) is 0 Å². The van der Waals surface area contributed by atoms with E-state index in [1.807, 2.05) is 13.0 Å². The Hall–Kier alpha value is -4.21. The topological polar surface area (TPSA) is 113 Å². The molecule has 0 fully saturated rings. The van der Waals surface area contributed by atoms with Gasteiger partial charge in [0, 0.05) is 25.2 Å². The third-order valence-electron chi connectivity index (χ3n) is 5.21. The Morgan fingerprint density at radius 2 is 1.77 bits per heavy atom. The highest BCUT2D eigenvalue weighted by atomic mass is 16.5. The van der Waals surface area contributed by atoms with Gasteiger partial charge in [0.25, 0.3) is 11.8 Å². The molecule has 1 aromatic heterocycles. The minimum absolute atomic E-state index is 0.294. The van der Waals surface area contributed by atoms with Gasteiger partial charge < -0.3 is 18.9 Å². The molecule has 10 nitrogen and oxygen atoms in total. The van der Waals surface area contributed by atoms with Crippen molar-refractivity contribution in [3.63, 3.8) is 0 Å². The third kappa shape index (κ3) is 5.84. The number of fused-ring (bicyclic) bond motifs is 1. The predicted octanol–water partition coefficient (Wildman–Crippen LogP) is 2.88. The molecule has 2 aromatic carbocycles. The van der Waals surface area contributed by atoms with Crippen LogP contribution in [0.1, 0.15) is 30.6 Å². The molecular formula is C25H28N4O6. The largest absolute Gasteiger partial charge is 0.494 e. The zero-order valence-electron chi connectivity index (χ0n) is 19.9. The minimum atomic E-state index is -0.844. The smallest absolute Gasteiger partial charge is 0.279 e. The van der Waals surface area contributed by atoms with E-state index in [0.29, 0.717) is 59.6 Å². The van der Waals surface area contributed by atoms with Gasteiger partial charge in [-0.2, -0.15) is 5.10 Å². The van der Waals surface area contributed by atoms with E-state index in [2.05, 4.69) is 16.0 Å². The van der Waals surface area contributed by atoms with Gasteiger partial charge in [-0.15, -0.1) is 0 Å². The summed E-state index contributed by atoms with van der Waals surface area (Å²) in [5, 5.41) is 4.42. The lowest BCUT2D eigenvalue weighted by Crippen LogP contribution is -2.47. The first kappa shape index (κ1) is 23.9. The lowest BCUT2D eigenvalue weighted by Gasteiger charge is -2.15. The summed E-state index contributed by atoms with van der Waals surface area (Å²) in [5.74, 6) is 1.46. The normalized spacial score (nSPS) is 13.3. The van der Waals surface area contributed by atoms with E-state index >= 15 is 0 Å². The minimum Gasteiger partial charge on any atom is -0.494 e. The Kier molecular flexibility index (Phi) is 7.39. The quantitative estimate of drug-likeness (QED) is 0.500. The van der Waals surface area contributed by atoms with Crippen molar-refractivity contribution in [2.24, 2.45) is 7.05 Å². The molecule has 1 aliphatic rings. The van der Waals surface area contributed by atoms with Gasteiger partial charge in [-0.05, 0) is 56.3 Å². The maximum Gasteiger partial charge on any atom is 0.279 e. The summed E-state index contributed by atoms with van der Waals surface area (Å²) in [6.45, 7) is 5.19. The molecule has 1 atom stereocenters. The zero-order valence-corrected chi connectivity index (χ0v) is 19.9. The van der Waals surface area contributed by atoms with Crippen molar-refractivity contribution >= 4 is 11.8 Å². The highest BCUT2D eigenvalue weighted by Crippen LogP contribution is 2.34. The Morgan fingerprint density at radius 1 is 1.06 bits per heavy atom.